The van der Waals surface area contributed by atoms with Gasteiger partial charge in [0.2, 0.25) is 0 Å². The third-order valence-electron chi connectivity index (χ3n) is 1.83. The Labute approximate surface area is 92.8 Å². The van der Waals surface area contributed by atoms with Crippen LogP contribution in [0.15, 0.2) is 22.7 Å². The van der Waals surface area contributed by atoms with Crippen LogP contribution in [-0.4, -0.2) is 20.3 Å². The first-order valence-electron chi connectivity index (χ1n) is 4.48. The Balaban J connectivity index is 2.62. The van der Waals surface area contributed by atoms with Crippen molar-refractivity contribution in [3.63, 3.8) is 0 Å². The van der Waals surface area contributed by atoms with E-state index in [4.69, 9.17) is 10.5 Å². The molecule has 4 heteroatoms. The summed E-state index contributed by atoms with van der Waals surface area (Å²) in [6.45, 7) is 2.06. The van der Waals surface area contributed by atoms with E-state index < -0.39 is 0 Å². The number of halogens is 1. The number of rotatable bonds is 5. The largest absolute Gasteiger partial charge is 0.383 e. The quantitative estimate of drug-likeness (QED) is 0.795. The van der Waals surface area contributed by atoms with Crippen molar-refractivity contribution in [2.24, 2.45) is 5.73 Å². The smallest absolute Gasteiger partial charge is 0.0635 e. The summed E-state index contributed by atoms with van der Waals surface area (Å²) in [7, 11) is 1.69. The highest BCUT2D eigenvalue weighted by Gasteiger charge is 1.97. The molecule has 0 bridgehead atoms. The van der Waals surface area contributed by atoms with Gasteiger partial charge in [-0.25, -0.2) is 0 Å². The van der Waals surface area contributed by atoms with Gasteiger partial charge in [-0.05, 0) is 23.8 Å². The van der Waals surface area contributed by atoms with Crippen molar-refractivity contribution in [3.05, 3.63) is 28.2 Å². The summed E-state index contributed by atoms with van der Waals surface area (Å²) in [5.41, 5.74) is 7.75. The molecule has 0 fully saturated rings. The zero-order chi connectivity index (χ0) is 10.4. The maximum absolute atomic E-state index is 5.57. The van der Waals surface area contributed by atoms with Gasteiger partial charge in [0.05, 0.1) is 6.61 Å². The van der Waals surface area contributed by atoms with Gasteiger partial charge in [0, 0.05) is 30.4 Å². The van der Waals surface area contributed by atoms with Crippen molar-refractivity contribution in [3.8, 4) is 0 Å². The average molecular weight is 259 g/mol. The van der Waals surface area contributed by atoms with Crippen LogP contribution < -0.4 is 11.1 Å². The highest BCUT2D eigenvalue weighted by atomic mass is 79.9. The first-order valence-corrected chi connectivity index (χ1v) is 5.28. The highest BCUT2D eigenvalue weighted by Crippen LogP contribution is 2.19. The van der Waals surface area contributed by atoms with Crippen molar-refractivity contribution in [1.29, 1.82) is 0 Å². The Morgan fingerprint density at radius 3 is 2.86 bits per heavy atom. The van der Waals surface area contributed by atoms with Crippen LogP contribution in [0.3, 0.4) is 0 Å². The molecule has 14 heavy (non-hydrogen) atoms. The topological polar surface area (TPSA) is 47.3 Å². The number of benzene rings is 1. The number of hydrogen-bond acceptors (Lipinski definition) is 3. The third-order valence-corrected chi connectivity index (χ3v) is 2.29. The molecule has 0 aliphatic carbocycles. The molecule has 1 aromatic rings. The zero-order valence-electron chi connectivity index (χ0n) is 8.22. The highest BCUT2D eigenvalue weighted by molar-refractivity contribution is 9.10. The predicted molar refractivity (Wildman–Crippen MR) is 62.4 cm³/mol. The number of nitrogens with one attached hydrogen (secondary N) is 1. The van der Waals surface area contributed by atoms with Crippen LogP contribution in [0.5, 0.6) is 0 Å². The van der Waals surface area contributed by atoms with Crippen LogP contribution in [0.25, 0.3) is 0 Å². The fraction of sp³-hybridized carbons (Fsp3) is 0.400. The lowest BCUT2D eigenvalue weighted by atomic mass is 10.2. The molecule has 1 rings (SSSR count). The van der Waals surface area contributed by atoms with Crippen LogP contribution in [0, 0.1) is 0 Å². The Morgan fingerprint density at radius 2 is 2.21 bits per heavy atom. The number of anilines is 1. The number of ether oxygens (including phenoxy) is 1. The molecular weight excluding hydrogens is 244 g/mol. The summed E-state index contributed by atoms with van der Waals surface area (Å²) in [6, 6.07) is 6.08. The van der Waals surface area contributed by atoms with Gasteiger partial charge in [0.15, 0.2) is 0 Å². The summed E-state index contributed by atoms with van der Waals surface area (Å²) in [5, 5.41) is 3.25. The monoisotopic (exact) mass is 258 g/mol. The Hall–Kier alpha value is -0.580. The van der Waals surface area contributed by atoms with Crippen molar-refractivity contribution in [2.75, 3.05) is 25.6 Å². The van der Waals surface area contributed by atoms with E-state index in [2.05, 4.69) is 21.2 Å². The Bertz CT molecular complexity index is 291. The molecule has 0 unspecified atom stereocenters. The average Bonchev–Trinajstić information content (AvgIpc) is 2.17. The van der Waals surface area contributed by atoms with E-state index in [0.717, 1.165) is 22.3 Å². The lowest BCUT2D eigenvalue weighted by Crippen LogP contribution is -2.08. The van der Waals surface area contributed by atoms with Gasteiger partial charge in [-0.1, -0.05) is 15.9 Å². The van der Waals surface area contributed by atoms with Crippen molar-refractivity contribution >= 4 is 21.6 Å². The molecule has 3 nitrogen and oxygen atoms in total. The van der Waals surface area contributed by atoms with E-state index in [0.29, 0.717) is 13.2 Å². The van der Waals surface area contributed by atoms with Crippen LogP contribution in [0.4, 0.5) is 5.69 Å². The molecule has 0 aliphatic rings. The summed E-state index contributed by atoms with van der Waals surface area (Å²) in [6.07, 6.45) is 0. The van der Waals surface area contributed by atoms with E-state index >= 15 is 0 Å². The van der Waals surface area contributed by atoms with Gasteiger partial charge in [-0.15, -0.1) is 0 Å². The molecule has 0 saturated carbocycles. The molecular formula is C10H15BrN2O. The van der Waals surface area contributed by atoms with Gasteiger partial charge in [0.25, 0.3) is 0 Å². The lowest BCUT2D eigenvalue weighted by Gasteiger charge is -2.08. The molecule has 0 aromatic heterocycles. The standard InChI is InChI=1S/C10H15BrN2O/c1-14-3-2-13-10-5-8(7-12)4-9(11)6-10/h4-6,13H,2-3,7,12H2,1H3. The Kier molecular flexibility index (Phi) is 4.93. The lowest BCUT2D eigenvalue weighted by molar-refractivity contribution is 0.211. The molecule has 0 aliphatic heterocycles. The fourth-order valence-corrected chi connectivity index (χ4v) is 1.71. The first kappa shape index (κ1) is 11.5. The fourth-order valence-electron chi connectivity index (χ4n) is 1.17. The molecule has 0 atom stereocenters. The number of hydrogen-bond donors (Lipinski definition) is 2. The summed E-state index contributed by atoms with van der Waals surface area (Å²) in [5.74, 6) is 0. The summed E-state index contributed by atoms with van der Waals surface area (Å²) < 4.78 is 5.99. The van der Waals surface area contributed by atoms with Crippen LogP contribution in [-0.2, 0) is 11.3 Å². The molecule has 78 valence electrons. The van der Waals surface area contributed by atoms with E-state index in [1.165, 1.54) is 0 Å². The molecule has 3 N–H and O–H groups in total. The second-order valence-electron chi connectivity index (χ2n) is 2.97. The maximum atomic E-state index is 5.57. The maximum Gasteiger partial charge on any atom is 0.0635 e. The van der Waals surface area contributed by atoms with Crippen molar-refractivity contribution in [2.45, 2.75) is 6.54 Å². The van der Waals surface area contributed by atoms with Crippen molar-refractivity contribution in [1.82, 2.24) is 0 Å². The van der Waals surface area contributed by atoms with E-state index in [-0.39, 0.29) is 0 Å². The van der Waals surface area contributed by atoms with Crippen LogP contribution in [0.1, 0.15) is 5.56 Å². The third kappa shape index (κ3) is 3.65. The molecule has 0 spiro atoms. The van der Waals surface area contributed by atoms with E-state index in [1.807, 2.05) is 18.2 Å². The van der Waals surface area contributed by atoms with Crippen LogP contribution in [0.2, 0.25) is 0 Å². The first-order chi connectivity index (χ1) is 6.76. The molecule has 0 saturated heterocycles. The van der Waals surface area contributed by atoms with Gasteiger partial charge >= 0.3 is 0 Å². The number of nitrogens with two attached hydrogens (primary N) is 1. The second-order valence-corrected chi connectivity index (χ2v) is 3.89. The zero-order valence-corrected chi connectivity index (χ0v) is 9.80. The molecule has 0 radical (unpaired) electrons. The van der Waals surface area contributed by atoms with Gasteiger partial charge in [-0.2, -0.15) is 0 Å². The predicted octanol–water partition coefficient (Wildman–Crippen LogP) is 1.97. The van der Waals surface area contributed by atoms with Gasteiger partial charge < -0.3 is 15.8 Å². The summed E-state index contributed by atoms with van der Waals surface area (Å²) >= 11 is 3.44. The minimum Gasteiger partial charge on any atom is -0.383 e. The molecule has 0 amide bonds. The van der Waals surface area contributed by atoms with E-state index in [9.17, 15) is 0 Å². The SMILES string of the molecule is COCCNc1cc(Br)cc(CN)c1. The normalized spacial score (nSPS) is 10.2. The van der Waals surface area contributed by atoms with Crippen molar-refractivity contribution < 1.29 is 4.74 Å². The second kappa shape index (κ2) is 6.01. The van der Waals surface area contributed by atoms with Gasteiger partial charge in [0.1, 0.15) is 0 Å². The minimum atomic E-state index is 0.554. The molecule has 0 heterocycles. The van der Waals surface area contributed by atoms with Gasteiger partial charge in [-0.3, -0.25) is 0 Å². The summed E-state index contributed by atoms with van der Waals surface area (Å²) in [4.78, 5) is 0. The molecule has 1 aromatic carbocycles. The van der Waals surface area contributed by atoms with E-state index in [1.54, 1.807) is 7.11 Å². The van der Waals surface area contributed by atoms with Crippen LogP contribution >= 0.6 is 15.9 Å². The minimum absolute atomic E-state index is 0.554. The number of methoxy groups -OCH3 is 1. The Morgan fingerprint density at radius 1 is 1.43 bits per heavy atom.